The van der Waals surface area contributed by atoms with E-state index in [-0.39, 0.29) is 12.0 Å². The summed E-state index contributed by atoms with van der Waals surface area (Å²) in [5, 5.41) is 2.54. The van der Waals surface area contributed by atoms with Crippen LogP contribution in [0.4, 0.5) is 0 Å². The van der Waals surface area contributed by atoms with Gasteiger partial charge in [-0.2, -0.15) is 0 Å². The Balaban J connectivity index is 2.60. The van der Waals surface area contributed by atoms with E-state index >= 15 is 0 Å². The van der Waals surface area contributed by atoms with Gasteiger partial charge in [-0.15, -0.1) is 11.3 Å². The predicted octanol–water partition coefficient (Wildman–Crippen LogP) is 4.66. The maximum Gasteiger partial charge on any atom is 0.0627 e. The second-order valence-electron chi connectivity index (χ2n) is 4.07. The molecule has 1 heterocycles. The first-order valence-electron chi connectivity index (χ1n) is 5.13. The second kappa shape index (κ2) is 4.53. The molecule has 0 saturated heterocycles. The maximum absolute atomic E-state index is 6.36. The van der Waals surface area contributed by atoms with Crippen LogP contribution in [0.5, 0.6) is 0 Å². The van der Waals surface area contributed by atoms with Gasteiger partial charge in [-0.1, -0.05) is 30.1 Å². The number of halogens is 2. The SMILES string of the molecule is CC(N)C(C)c1sc2ccc(Cl)cc2c1Cl. The van der Waals surface area contributed by atoms with E-state index in [0.29, 0.717) is 5.02 Å². The monoisotopic (exact) mass is 273 g/mol. The first-order valence-corrected chi connectivity index (χ1v) is 6.71. The predicted molar refractivity (Wildman–Crippen MR) is 73.9 cm³/mol. The van der Waals surface area contributed by atoms with Crippen LogP contribution in [0.15, 0.2) is 18.2 Å². The summed E-state index contributed by atoms with van der Waals surface area (Å²) in [7, 11) is 0. The molecule has 0 radical (unpaired) electrons. The van der Waals surface area contributed by atoms with Crippen LogP contribution in [-0.4, -0.2) is 6.04 Å². The highest BCUT2D eigenvalue weighted by Crippen LogP contribution is 2.41. The molecule has 86 valence electrons. The summed E-state index contributed by atoms with van der Waals surface area (Å²) in [5.41, 5.74) is 5.91. The lowest BCUT2D eigenvalue weighted by atomic mass is 10.0. The minimum Gasteiger partial charge on any atom is -0.327 e. The van der Waals surface area contributed by atoms with Gasteiger partial charge < -0.3 is 5.73 Å². The van der Waals surface area contributed by atoms with Crippen LogP contribution in [0.1, 0.15) is 24.6 Å². The summed E-state index contributed by atoms with van der Waals surface area (Å²) in [6, 6.07) is 5.90. The van der Waals surface area contributed by atoms with E-state index in [1.165, 1.54) is 0 Å². The first kappa shape index (κ1) is 12.2. The quantitative estimate of drug-likeness (QED) is 0.846. The van der Waals surface area contributed by atoms with Gasteiger partial charge in [0, 0.05) is 31.9 Å². The van der Waals surface area contributed by atoms with Crippen LogP contribution in [0, 0.1) is 0 Å². The molecular formula is C12H13Cl2NS. The molecule has 0 bridgehead atoms. The van der Waals surface area contributed by atoms with E-state index in [1.807, 2.05) is 25.1 Å². The number of thiophene rings is 1. The minimum atomic E-state index is 0.0982. The van der Waals surface area contributed by atoms with Crippen molar-refractivity contribution in [2.75, 3.05) is 0 Å². The van der Waals surface area contributed by atoms with Crippen LogP contribution in [-0.2, 0) is 0 Å². The van der Waals surface area contributed by atoms with Crippen molar-refractivity contribution in [1.29, 1.82) is 0 Å². The lowest BCUT2D eigenvalue weighted by Crippen LogP contribution is -2.21. The Hall–Kier alpha value is -0.280. The van der Waals surface area contributed by atoms with Crippen molar-refractivity contribution in [1.82, 2.24) is 0 Å². The van der Waals surface area contributed by atoms with Crippen molar-refractivity contribution in [3.05, 3.63) is 33.1 Å². The van der Waals surface area contributed by atoms with Gasteiger partial charge >= 0.3 is 0 Å². The van der Waals surface area contributed by atoms with E-state index in [0.717, 1.165) is 20.0 Å². The van der Waals surface area contributed by atoms with E-state index in [9.17, 15) is 0 Å². The summed E-state index contributed by atoms with van der Waals surface area (Å²) >= 11 is 14.0. The zero-order valence-electron chi connectivity index (χ0n) is 9.13. The minimum absolute atomic E-state index is 0.0982. The number of nitrogens with two attached hydrogens (primary N) is 1. The average molecular weight is 274 g/mol. The highest BCUT2D eigenvalue weighted by molar-refractivity contribution is 7.19. The van der Waals surface area contributed by atoms with Gasteiger partial charge in [-0.3, -0.25) is 0 Å². The van der Waals surface area contributed by atoms with Crippen molar-refractivity contribution in [2.24, 2.45) is 5.73 Å². The summed E-state index contributed by atoms with van der Waals surface area (Å²) in [6.45, 7) is 4.10. The van der Waals surface area contributed by atoms with E-state index in [1.54, 1.807) is 11.3 Å². The molecule has 0 aliphatic carbocycles. The number of rotatable bonds is 2. The molecule has 0 amide bonds. The Morgan fingerprint density at radius 2 is 1.94 bits per heavy atom. The first-order chi connectivity index (χ1) is 7.50. The smallest absolute Gasteiger partial charge is 0.0627 e. The topological polar surface area (TPSA) is 26.0 Å². The van der Waals surface area contributed by atoms with Gasteiger partial charge in [0.25, 0.3) is 0 Å². The van der Waals surface area contributed by atoms with Crippen LogP contribution < -0.4 is 5.73 Å². The standard InChI is InChI=1S/C12H13Cl2NS/c1-6(7(2)15)12-11(14)9-5-8(13)3-4-10(9)16-12/h3-7H,15H2,1-2H3. The summed E-state index contributed by atoms with van der Waals surface area (Å²) < 4.78 is 1.16. The molecule has 2 aromatic rings. The Kier molecular flexibility index (Phi) is 3.45. The molecule has 0 aliphatic heterocycles. The van der Waals surface area contributed by atoms with Crippen molar-refractivity contribution in [3.63, 3.8) is 0 Å². The Bertz CT molecular complexity index is 519. The number of hydrogen-bond acceptors (Lipinski definition) is 2. The highest BCUT2D eigenvalue weighted by Gasteiger charge is 2.18. The molecule has 0 spiro atoms. The summed E-state index contributed by atoms with van der Waals surface area (Å²) in [5.74, 6) is 0.267. The fraction of sp³-hybridized carbons (Fsp3) is 0.333. The molecule has 0 saturated carbocycles. The third kappa shape index (κ3) is 2.07. The third-order valence-corrected chi connectivity index (χ3v) is 4.94. The molecule has 1 aromatic carbocycles. The normalized spacial score (nSPS) is 15.3. The fourth-order valence-electron chi connectivity index (χ4n) is 1.59. The third-order valence-electron chi connectivity index (χ3n) is 2.82. The average Bonchev–Trinajstić information content (AvgIpc) is 2.55. The molecule has 16 heavy (non-hydrogen) atoms. The Morgan fingerprint density at radius 1 is 1.25 bits per heavy atom. The molecule has 2 rings (SSSR count). The number of hydrogen-bond donors (Lipinski definition) is 1. The van der Waals surface area contributed by atoms with Gasteiger partial charge in [0.1, 0.15) is 0 Å². The Labute approximate surface area is 109 Å². The molecular weight excluding hydrogens is 261 g/mol. The number of benzene rings is 1. The molecule has 2 unspecified atom stereocenters. The van der Waals surface area contributed by atoms with Crippen LogP contribution in [0.2, 0.25) is 10.0 Å². The highest BCUT2D eigenvalue weighted by atomic mass is 35.5. The molecule has 1 aromatic heterocycles. The zero-order valence-corrected chi connectivity index (χ0v) is 11.5. The number of fused-ring (bicyclic) bond motifs is 1. The van der Waals surface area contributed by atoms with Gasteiger partial charge in [0.15, 0.2) is 0 Å². The van der Waals surface area contributed by atoms with Gasteiger partial charge in [-0.05, 0) is 25.1 Å². The lowest BCUT2D eigenvalue weighted by Gasteiger charge is -2.13. The van der Waals surface area contributed by atoms with Gasteiger partial charge in [-0.25, -0.2) is 0 Å². The van der Waals surface area contributed by atoms with Crippen LogP contribution in [0.3, 0.4) is 0 Å². The molecule has 2 atom stereocenters. The van der Waals surface area contributed by atoms with E-state index in [2.05, 4.69) is 6.92 Å². The van der Waals surface area contributed by atoms with Crippen molar-refractivity contribution in [2.45, 2.75) is 25.8 Å². The van der Waals surface area contributed by atoms with Crippen molar-refractivity contribution < 1.29 is 0 Å². The van der Waals surface area contributed by atoms with Gasteiger partial charge in [0.2, 0.25) is 0 Å². The van der Waals surface area contributed by atoms with Crippen molar-refractivity contribution in [3.8, 4) is 0 Å². The van der Waals surface area contributed by atoms with Crippen molar-refractivity contribution >= 4 is 44.6 Å². The van der Waals surface area contributed by atoms with E-state index < -0.39 is 0 Å². The zero-order chi connectivity index (χ0) is 11.9. The van der Waals surface area contributed by atoms with Crippen LogP contribution >= 0.6 is 34.5 Å². The molecule has 0 aliphatic rings. The Morgan fingerprint density at radius 3 is 2.56 bits per heavy atom. The lowest BCUT2D eigenvalue weighted by molar-refractivity contribution is 0.622. The van der Waals surface area contributed by atoms with E-state index in [4.69, 9.17) is 28.9 Å². The summed E-state index contributed by atoms with van der Waals surface area (Å²) in [6.07, 6.45) is 0. The molecule has 2 N–H and O–H groups in total. The molecule has 1 nitrogen and oxygen atoms in total. The maximum atomic E-state index is 6.36. The van der Waals surface area contributed by atoms with Gasteiger partial charge in [0.05, 0.1) is 5.02 Å². The second-order valence-corrected chi connectivity index (χ2v) is 5.97. The molecule has 4 heteroatoms. The van der Waals surface area contributed by atoms with Crippen LogP contribution in [0.25, 0.3) is 10.1 Å². The summed E-state index contributed by atoms with van der Waals surface area (Å²) in [4.78, 5) is 1.15. The molecule has 0 fully saturated rings. The fourth-order valence-corrected chi connectivity index (χ4v) is 3.51. The largest absolute Gasteiger partial charge is 0.327 e.